The van der Waals surface area contributed by atoms with Crippen LogP contribution in [0.25, 0.3) is 0 Å². The molecule has 5 nitrogen and oxygen atoms in total. The van der Waals surface area contributed by atoms with Gasteiger partial charge in [-0.15, -0.1) is 0 Å². The summed E-state index contributed by atoms with van der Waals surface area (Å²) in [6.07, 6.45) is 4.51. The first-order valence-corrected chi connectivity index (χ1v) is 10.3. The molecular weight excluding hydrogens is 374 g/mol. The van der Waals surface area contributed by atoms with Gasteiger partial charge < -0.3 is 14.5 Å². The third-order valence-electron chi connectivity index (χ3n) is 5.81. The minimum Gasteiger partial charge on any atom is -0.371 e. The molecule has 0 atom stereocenters. The third-order valence-corrected chi connectivity index (χ3v) is 6.03. The molecule has 6 heteroatoms. The molecule has 3 heterocycles. The van der Waals surface area contributed by atoms with Crippen molar-refractivity contribution in [3.05, 3.63) is 64.9 Å². The van der Waals surface area contributed by atoms with Crippen molar-refractivity contribution < 1.29 is 9.53 Å². The Morgan fingerprint density at radius 3 is 2.61 bits per heavy atom. The van der Waals surface area contributed by atoms with Crippen molar-refractivity contribution in [2.24, 2.45) is 0 Å². The predicted molar refractivity (Wildman–Crippen MR) is 110 cm³/mol. The van der Waals surface area contributed by atoms with E-state index in [1.807, 2.05) is 4.90 Å². The highest BCUT2D eigenvalue weighted by Crippen LogP contribution is 2.30. The van der Waals surface area contributed by atoms with Gasteiger partial charge in [0.25, 0.3) is 5.91 Å². The SMILES string of the molecule is O=C(c1ccc(Cl)cn1)N1CCOC2(CCN(CCc3ccccc3)CC2)C1. The fourth-order valence-corrected chi connectivity index (χ4v) is 4.21. The zero-order valence-electron chi connectivity index (χ0n) is 16.0. The van der Waals surface area contributed by atoms with Gasteiger partial charge in [-0.1, -0.05) is 41.9 Å². The van der Waals surface area contributed by atoms with Gasteiger partial charge in [0.15, 0.2) is 0 Å². The molecule has 0 radical (unpaired) electrons. The van der Waals surface area contributed by atoms with Crippen molar-refractivity contribution in [1.82, 2.24) is 14.8 Å². The molecule has 1 amide bonds. The van der Waals surface area contributed by atoms with Crippen LogP contribution in [0.2, 0.25) is 5.02 Å². The normalized spacial score (nSPS) is 19.7. The molecule has 1 spiro atoms. The van der Waals surface area contributed by atoms with Gasteiger partial charge in [-0.3, -0.25) is 4.79 Å². The van der Waals surface area contributed by atoms with Crippen LogP contribution in [0.3, 0.4) is 0 Å². The van der Waals surface area contributed by atoms with E-state index in [-0.39, 0.29) is 11.5 Å². The average Bonchev–Trinajstić information content (AvgIpc) is 2.74. The van der Waals surface area contributed by atoms with Gasteiger partial charge in [0.1, 0.15) is 5.69 Å². The van der Waals surface area contributed by atoms with Crippen LogP contribution in [0, 0.1) is 0 Å². The first-order valence-electron chi connectivity index (χ1n) is 9.95. The Kier molecular flexibility index (Phi) is 5.95. The van der Waals surface area contributed by atoms with Gasteiger partial charge in [0.05, 0.1) is 23.8 Å². The van der Waals surface area contributed by atoms with Crippen molar-refractivity contribution in [2.75, 3.05) is 39.3 Å². The number of benzene rings is 1. The summed E-state index contributed by atoms with van der Waals surface area (Å²) in [6.45, 7) is 4.92. The predicted octanol–water partition coefficient (Wildman–Crippen LogP) is 3.28. The van der Waals surface area contributed by atoms with Gasteiger partial charge >= 0.3 is 0 Å². The Morgan fingerprint density at radius 1 is 1.11 bits per heavy atom. The number of piperidine rings is 1. The van der Waals surface area contributed by atoms with E-state index in [4.69, 9.17) is 16.3 Å². The molecule has 2 aliphatic rings. The lowest BCUT2D eigenvalue weighted by Gasteiger charge is -2.47. The molecule has 4 rings (SSSR count). The zero-order valence-corrected chi connectivity index (χ0v) is 16.8. The van der Waals surface area contributed by atoms with Crippen LogP contribution >= 0.6 is 11.6 Å². The molecule has 28 heavy (non-hydrogen) atoms. The summed E-state index contributed by atoms with van der Waals surface area (Å²) in [5, 5.41) is 0.540. The fraction of sp³-hybridized carbons (Fsp3) is 0.455. The van der Waals surface area contributed by atoms with E-state index in [9.17, 15) is 4.79 Å². The molecular formula is C22H26ClN3O2. The molecule has 1 aromatic heterocycles. The summed E-state index contributed by atoms with van der Waals surface area (Å²) in [5.41, 5.74) is 1.61. The van der Waals surface area contributed by atoms with Gasteiger partial charge in [-0.2, -0.15) is 0 Å². The summed E-state index contributed by atoms with van der Waals surface area (Å²) in [7, 11) is 0. The highest BCUT2D eigenvalue weighted by atomic mass is 35.5. The van der Waals surface area contributed by atoms with Gasteiger partial charge in [0.2, 0.25) is 0 Å². The number of pyridine rings is 1. The van der Waals surface area contributed by atoms with Crippen molar-refractivity contribution in [3.8, 4) is 0 Å². The van der Waals surface area contributed by atoms with Crippen LogP contribution in [-0.4, -0.2) is 65.6 Å². The van der Waals surface area contributed by atoms with E-state index in [2.05, 4.69) is 40.2 Å². The number of amides is 1. The number of hydrogen-bond donors (Lipinski definition) is 0. The van der Waals surface area contributed by atoms with E-state index in [1.54, 1.807) is 12.1 Å². The molecule has 1 aromatic carbocycles. The Hall–Kier alpha value is -1.95. The van der Waals surface area contributed by atoms with Crippen LogP contribution in [0.4, 0.5) is 0 Å². The average molecular weight is 400 g/mol. The largest absolute Gasteiger partial charge is 0.371 e. The molecule has 0 saturated carbocycles. The maximum absolute atomic E-state index is 12.8. The lowest BCUT2D eigenvalue weighted by molar-refractivity contribution is -0.127. The number of ether oxygens (including phenoxy) is 1. The molecule has 2 saturated heterocycles. The van der Waals surface area contributed by atoms with E-state index in [1.165, 1.54) is 11.8 Å². The summed E-state index contributed by atoms with van der Waals surface area (Å²) < 4.78 is 6.19. The first kappa shape index (κ1) is 19.4. The summed E-state index contributed by atoms with van der Waals surface area (Å²) in [6, 6.07) is 14.0. The summed E-state index contributed by atoms with van der Waals surface area (Å²) >= 11 is 5.89. The number of carbonyl (C=O) groups is 1. The number of morpholine rings is 1. The maximum Gasteiger partial charge on any atom is 0.272 e. The lowest BCUT2D eigenvalue weighted by Crippen LogP contribution is -2.58. The van der Waals surface area contributed by atoms with Gasteiger partial charge in [0, 0.05) is 32.4 Å². The molecule has 0 aliphatic carbocycles. The third kappa shape index (κ3) is 4.54. The standard InChI is InChI=1S/C22H26ClN3O2/c23-19-6-7-20(24-16-19)21(27)26-14-15-28-22(17-26)9-12-25(13-10-22)11-8-18-4-2-1-3-5-18/h1-7,16H,8-15,17H2. The van der Waals surface area contributed by atoms with Crippen LogP contribution in [0.1, 0.15) is 28.9 Å². The highest BCUT2D eigenvalue weighted by Gasteiger charge is 2.41. The maximum atomic E-state index is 12.8. The van der Waals surface area contributed by atoms with E-state index < -0.39 is 0 Å². The molecule has 2 aromatic rings. The molecule has 2 aliphatic heterocycles. The Balaban J connectivity index is 1.32. The van der Waals surface area contributed by atoms with Crippen molar-refractivity contribution in [1.29, 1.82) is 0 Å². The first-order chi connectivity index (χ1) is 13.6. The number of halogens is 1. The van der Waals surface area contributed by atoms with Crippen LogP contribution < -0.4 is 0 Å². The Labute approximate surface area is 171 Å². The zero-order chi connectivity index (χ0) is 19.4. The quantitative estimate of drug-likeness (QED) is 0.791. The molecule has 2 fully saturated rings. The second-order valence-corrected chi connectivity index (χ2v) is 8.13. The molecule has 148 valence electrons. The topological polar surface area (TPSA) is 45.7 Å². The van der Waals surface area contributed by atoms with Crippen LogP contribution in [0.15, 0.2) is 48.7 Å². The van der Waals surface area contributed by atoms with Crippen molar-refractivity contribution in [2.45, 2.75) is 24.9 Å². The van der Waals surface area contributed by atoms with Gasteiger partial charge in [-0.25, -0.2) is 4.98 Å². The van der Waals surface area contributed by atoms with Crippen LogP contribution in [0.5, 0.6) is 0 Å². The highest BCUT2D eigenvalue weighted by molar-refractivity contribution is 6.30. The summed E-state index contributed by atoms with van der Waals surface area (Å²) in [4.78, 5) is 21.4. The number of rotatable bonds is 4. The van der Waals surface area contributed by atoms with E-state index in [0.29, 0.717) is 30.4 Å². The molecule has 0 unspecified atom stereocenters. The fourth-order valence-electron chi connectivity index (χ4n) is 4.10. The second-order valence-electron chi connectivity index (χ2n) is 7.70. The van der Waals surface area contributed by atoms with E-state index >= 15 is 0 Å². The van der Waals surface area contributed by atoms with Crippen molar-refractivity contribution in [3.63, 3.8) is 0 Å². The Bertz CT molecular complexity index is 789. The minimum absolute atomic E-state index is 0.0363. The number of nitrogens with zero attached hydrogens (tertiary/aromatic N) is 3. The summed E-state index contributed by atoms with van der Waals surface area (Å²) in [5.74, 6) is -0.0363. The van der Waals surface area contributed by atoms with Crippen molar-refractivity contribution >= 4 is 17.5 Å². The molecule has 0 N–H and O–H groups in total. The smallest absolute Gasteiger partial charge is 0.272 e. The minimum atomic E-state index is -0.219. The number of likely N-dealkylation sites (tertiary alicyclic amines) is 1. The number of hydrogen-bond acceptors (Lipinski definition) is 4. The number of carbonyl (C=O) groups excluding carboxylic acids is 1. The van der Waals surface area contributed by atoms with Gasteiger partial charge in [-0.05, 0) is 37.0 Å². The lowest BCUT2D eigenvalue weighted by atomic mass is 9.89. The van der Waals surface area contributed by atoms with E-state index in [0.717, 1.165) is 38.9 Å². The Morgan fingerprint density at radius 2 is 1.89 bits per heavy atom. The second kappa shape index (κ2) is 8.60. The number of aromatic nitrogens is 1. The molecule has 0 bridgehead atoms. The monoisotopic (exact) mass is 399 g/mol. The van der Waals surface area contributed by atoms with Crippen LogP contribution in [-0.2, 0) is 11.2 Å².